The van der Waals surface area contributed by atoms with E-state index in [0.717, 1.165) is 49.7 Å². The van der Waals surface area contributed by atoms with Crippen LogP contribution in [0.25, 0.3) is 0 Å². The summed E-state index contributed by atoms with van der Waals surface area (Å²) in [6.45, 7) is 4.12. The van der Waals surface area contributed by atoms with Gasteiger partial charge < -0.3 is 4.18 Å². The second kappa shape index (κ2) is 9.30. The molecule has 0 radical (unpaired) electrons. The molecule has 138 valence electrons. The van der Waals surface area contributed by atoms with Gasteiger partial charge in [0.05, 0.1) is 0 Å². The number of halogens is 3. The Morgan fingerprint density at radius 1 is 0.875 bits per heavy atom. The monoisotopic (exact) mass is 366 g/mol. The van der Waals surface area contributed by atoms with Crippen LogP contribution in [0.2, 0.25) is 0 Å². The smallest absolute Gasteiger partial charge is 0.376 e. The molecule has 0 amide bonds. The van der Waals surface area contributed by atoms with E-state index in [0.29, 0.717) is 12.8 Å². The van der Waals surface area contributed by atoms with E-state index in [1.54, 1.807) is 0 Å². The van der Waals surface area contributed by atoms with Crippen LogP contribution in [0.3, 0.4) is 0 Å². The molecule has 1 aromatic rings. The first-order valence-electron chi connectivity index (χ1n) is 8.33. The lowest BCUT2D eigenvalue weighted by Crippen LogP contribution is -2.28. The number of rotatable bonds is 10. The minimum atomic E-state index is -5.63. The molecule has 0 atom stereocenters. The van der Waals surface area contributed by atoms with Gasteiger partial charge in [-0.2, -0.15) is 21.6 Å². The predicted molar refractivity (Wildman–Crippen MR) is 88.5 cm³/mol. The van der Waals surface area contributed by atoms with Gasteiger partial charge in [0.25, 0.3) is 0 Å². The Morgan fingerprint density at radius 2 is 1.33 bits per heavy atom. The van der Waals surface area contributed by atoms with E-state index in [2.05, 4.69) is 18.0 Å². The molecule has 0 saturated heterocycles. The largest absolute Gasteiger partial charge is 0.534 e. The first-order valence-corrected chi connectivity index (χ1v) is 9.74. The van der Waals surface area contributed by atoms with Gasteiger partial charge in [0.2, 0.25) is 0 Å². The van der Waals surface area contributed by atoms with Crippen molar-refractivity contribution in [3.8, 4) is 5.75 Å². The fourth-order valence-electron chi connectivity index (χ4n) is 2.40. The maximum Gasteiger partial charge on any atom is 0.534 e. The highest BCUT2D eigenvalue weighted by molar-refractivity contribution is 7.88. The highest BCUT2D eigenvalue weighted by Crippen LogP contribution is 2.29. The van der Waals surface area contributed by atoms with E-state index < -0.39 is 15.6 Å². The van der Waals surface area contributed by atoms with Crippen LogP contribution >= 0.6 is 0 Å². The number of unbranched alkanes of at least 4 members (excludes halogenated alkanes) is 4. The summed E-state index contributed by atoms with van der Waals surface area (Å²) in [6.07, 6.45) is 7.27. The van der Waals surface area contributed by atoms with Gasteiger partial charge >= 0.3 is 15.6 Å². The molecule has 0 aliphatic heterocycles. The van der Waals surface area contributed by atoms with Crippen molar-refractivity contribution in [2.75, 3.05) is 0 Å². The fraction of sp³-hybridized carbons (Fsp3) is 0.647. The summed E-state index contributed by atoms with van der Waals surface area (Å²) in [5.74, 6) is -0.257. The number of alkyl halides is 3. The highest BCUT2D eigenvalue weighted by atomic mass is 32.2. The first kappa shape index (κ1) is 20.8. The summed E-state index contributed by atoms with van der Waals surface area (Å²) < 4.78 is 64.3. The average molecular weight is 366 g/mol. The topological polar surface area (TPSA) is 43.4 Å². The van der Waals surface area contributed by atoms with E-state index in [1.165, 1.54) is 12.1 Å². The van der Waals surface area contributed by atoms with Crippen molar-refractivity contribution in [3.63, 3.8) is 0 Å². The summed E-state index contributed by atoms with van der Waals surface area (Å²) in [4.78, 5) is 0. The fourth-order valence-corrected chi connectivity index (χ4v) is 2.84. The summed E-state index contributed by atoms with van der Waals surface area (Å²) >= 11 is 0. The molecule has 0 aliphatic carbocycles. The van der Waals surface area contributed by atoms with Crippen molar-refractivity contribution in [1.82, 2.24) is 0 Å². The minimum Gasteiger partial charge on any atom is -0.376 e. The molecule has 1 aromatic carbocycles. The molecule has 0 fully saturated rings. The van der Waals surface area contributed by atoms with E-state index in [9.17, 15) is 21.6 Å². The van der Waals surface area contributed by atoms with Gasteiger partial charge in [0.1, 0.15) is 5.75 Å². The normalized spacial score (nSPS) is 12.4. The number of hydrogen-bond acceptors (Lipinski definition) is 3. The van der Waals surface area contributed by atoms with Crippen LogP contribution in [-0.4, -0.2) is 13.9 Å². The van der Waals surface area contributed by atoms with Crippen LogP contribution in [0.4, 0.5) is 13.2 Å². The van der Waals surface area contributed by atoms with Crippen molar-refractivity contribution in [3.05, 3.63) is 29.3 Å². The quantitative estimate of drug-likeness (QED) is 0.317. The molecule has 3 nitrogen and oxygen atoms in total. The number of aryl methyl sites for hydroxylation is 2. The van der Waals surface area contributed by atoms with Crippen LogP contribution < -0.4 is 4.18 Å². The van der Waals surface area contributed by atoms with Gasteiger partial charge in [-0.3, -0.25) is 0 Å². The molecular weight excluding hydrogens is 341 g/mol. The summed E-state index contributed by atoms with van der Waals surface area (Å²) in [5, 5.41) is 0. The lowest BCUT2D eigenvalue weighted by atomic mass is 10.0. The molecule has 0 heterocycles. The van der Waals surface area contributed by atoms with Crippen LogP contribution in [0.5, 0.6) is 5.75 Å². The summed E-state index contributed by atoms with van der Waals surface area (Å²) in [6, 6.07) is 4.71. The molecule has 7 heteroatoms. The van der Waals surface area contributed by atoms with Gasteiger partial charge in [-0.15, -0.1) is 0 Å². The lowest BCUT2D eigenvalue weighted by Gasteiger charge is -2.13. The molecule has 0 spiro atoms. The SMILES string of the molecule is CCCCCc1cc(CCCCC)cc(OS(=O)(=O)C(F)(F)F)c1. The maximum atomic E-state index is 12.5. The molecule has 24 heavy (non-hydrogen) atoms. The second-order valence-corrected chi connectivity index (χ2v) is 7.42. The average Bonchev–Trinajstić information content (AvgIpc) is 2.46. The van der Waals surface area contributed by atoms with Crippen LogP contribution in [0, 0.1) is 0 Å². The summed E-state index contributed by atoms with van der Waals surface area (Å²) in [5.41, 5.74) is -3.80. The molecule has 1 rings (SSSR count). The van der Waals surface area contributed by atoms with Gasteiger partial charge in [-0.05, 0) is 48.9 Å². The molecule has 0 saturated carbocycles. The van der Waals surface area contributed by atoms with E-state index in [1.807, 2.05) is 6.07 Å². The van der Waals surface area contributed by atoms with Crippen LogP contribution in [0.15, 0.2) is 18.2 Å². The van der Waals surface area contributed by atoms with Crippen molar-refractivity contribution in [2.45, 2.75) is 70.7 Å². The van der Waals surface area contributed by atoms with Crippen LogP contribution in [0.1, 0.15) is 63.5 Å². The molecule has 0 N–H and O–H groups in total. The third kappa shape index (κ3) is 6.71. The van der Waals surface area contributed by atoms with Gasteiger partial charge in [-0.25, -0.2) is 0 Å². The Hall–Kier alpha value is -1.24. The zero-order chi connectivity index (χ0) is 18.2. The standard InChI is InChI=1S/C17H25F3O3S/c1-3-5-7-9-14-11-15(10-8-6-4-2)13-16(12-14)23-24(21,22)17(18,19)20/h11-13H,3-10H2,1-2H3. The zero-order valence-electron chi connectivity index (χ0n) is 14.2. The Morgan fingerprint density at radius 3 is 1.71 bits per heavy atom. The Bertz CT molecular complexity index is 582. The van der Waals surface area contributed by atoms with Gasteiger partial charge in [0.15, 0.2) is 0 Å². The summed E-state index contributed by atoms with van der Waals surface area (Å²) in [7, 11) is -5.63. The molecule has 0 aliphatic rings. The predicted octanol–water partition coefficient (Wildman–Crippen LogP) is 5.38. The van der Waals surface area contributed by atoms with Crippen molar-refractivity contribution in [1.29, 1.82) is 0 Å². The highest BCUT2D eigenvalue weighted by Gasteiger charge is 2.48. The molecule has 0 bridgehead atoms. The molecule has 0 unspecified atom stereocenters. The van der Waals surface area contributed by atoms with Gasteiger partial charge in [-0.1, -0.05) is 45.6 Å². The number of hydrogen-bond donors (Lipinski definition) is 0. The first-order chi connectivity index (χ1) is 11.2. The molecular formula is C17H25F3O3S. The third-order valence-corrected chi connectivity index (χ3v) is 4.63. The van der Waals surface area contributed by atoms with E-state index in [-0.39, 0.29) is 5.75 Å². The lowest BCUT2D eigenvalue weighted by molar-refractivity contribution is -0.0500. The van der Waals surface area contributed by atoms with Gasteiger partial charge in [0, 0.05) is 0 Å². The maximum absolute atomic E-state index is 12.5. The van der Waals surface area contributed by atoms with Crippen molar-refractivity contribution >= 4 is 10.1 Å². The van der Waals surface area contributed by atoms with E-state index in [4.69, 9.17) is 0 Å². The zero-order valence-corrected chi connectivity index (χ0v) is 15.0. The Balaban J connectivity index is 2.99. The van der Waals surface area contributed by atoms with Crippen LogP contribution in [-0.2, 0) is 23.0 Å². The van der Waals surface area contributed by atoms with Crippen molar-refractivity contribution in [2.24, 2.45) is 0 Å². The Labute approximate surface area is 142 Å². The molecule has 0 aromatic heterocycles. The minimum absolute atomic E-state index is 0.257. The third-order valence-electron chi connectivity index (χ3n) is 3.65. The number of benzene rings is 1. The van der Waals surface area contributed by atoms with Crippen molar-refractivity contribution < 1.29 is 25.8 Å². The van der Waals surface area contributed by atoms with E-state index >= 15 is 0 Å². The second-order valence-electron chi connectivity index (χ2n) is 5.88. The Kier molecular flexibility index (Phi) is 8.06.